The van der Waals surface area contributed by atoms with Gasteiger partial charge in [-0.05, 0) is 41.1 Å². The van der Waals surface area contributed by atoms with Crippen LogP contribution < -0.4 is 5.32 Å². The number of nitrogens with one attached hydrogen (secondary N) is 1. The van der Waals surface area contributed by atoms with Gasteiger partial charge in [0.05, 0.1) is 9.48 Å². The fraction of sp³-hybridized carbons (Fsp3) is 0.273. The smallest absolute Gasteiger partial charge is 0.115 e. The summed E-state index contributed by atoms with van der Waals surface area (Å²) < 4.78 is 1.16. The van der Waals surface area contributed by atoms with Gasteiger partial charge in [0, 0.05) is 23.7 Å². The fourth-order valence-electron chi connectivity index (χ4n) is 1.34. The molecule has 0 aliphatic rings. The Balaban J connectivity index is 1.91. The first kappa shape index (κ1) is 11.7. The number of rotatable bonds is 4. The van der Waals surface area contributed by atoms with Crippen LogP contribution in [0.2, 0.25) is 0 Å². The van der Waals surface area contributed by atoms with Crippen molar-refractivity contribution in [2.75, 3.05) is 0 Å². The number of halogens is 1. The minimum atomic E-state index is 0.339. The molecular weight excluding hydrogens is 286 g/mol. The highest BCUT2D eigenvalue weighted by Gasteiger charge is 2.07. The normalized spacial score (nSPS) is 12.6. The molecule has 1 atom stereocenters. The highest BCUT2D eigenvalue weighted by atomic mass is 79.9. The summed E-state index contributed by atoms with van der Waals surface area (Å²) in [7, 11) is 0. The molecule has 0 aromatic carbocycles. The van der Waals surface area contributed by atoms with Crippen LogP contribution in [0.5, 0.6) is 0 Å². The predicted molar refractivity (Wildman–Crippen MR) is 69.3 cm³/mol. The van der Waals surface area contributed by atoms with E-state index in [1.54, 1.807) is 23.9 Å². The van der Waals surface area contributed by atoms with Crippen LogP contribution in [0.25, 0.3) is 0 Å². The van der Waals surface area contributed by atoms with Crippen LogP contribution >= 0.6 is 27.3 Å². The van der Waals surface area contributed by atoms with Crippen molar-refractivity contribution in [3.05, 3.63) is 45.1 Å². The zero-order chi connectivity index (χ0) is 11.4. The molecule has 0 aliphatic carbocycles. The Morgan fingerprint density at radius 2 is 2.31 bits per heavy atom. The van der Waals surface area contributed by atoms with E-state index in [0.717, 1.165) is 16.0 Å². The number of nitrogens with zero attached hydrogens (tertiary/aromatic N) is 2. The van der Waals surface area contributed by atoms with Gasteiger partial charge in [-0.25, -0.2) is 9.97 Å². The van der Waals surface area contributed by atoms with Gasteiger partial charge in [-0.2, -0.15) is 0 Å². The predicted octanol–water partition coefficient (Wildman–Crippen LogP) is 3.15. The van der Waals surface area contributed by atoms with Crippen molar-refractivity contribution in [1.29, 1.82) is 0 Å². The van der Waals surface area contributed by atoms with Crippen LogP contribution in [0.4, 0.5) is 0 Å². The van der Waals surface area contributed by atoms with Crippen LogP contribution in [0, 0.1) is 0 Å². The summed E-state index contributed by atoms with van der Waals surface area (Å²) in [4.78, 5) is 9.38. The van der Waals surface area contributed by atoms with Gasteiger partial charge in [0.25, 0.3) is 0 Å². The lowest BCUT2D eigenvalue weighted by Gasteiger charge is -2.11. The lowest BCUT2D eigenvalue weighted by Crippen LogP contribution is -2.17. The number of thiophene rings is 1. The maximum atomic E-state index is 4.17. The van der Waals surface area contributed by atoms with Crippen LogP contribution in [0.15, 0.2) is 34.5 Å². The van der Waals surface area contributed by atoms with E-state index in [1.807, 2.05) is 6.07 Å². The third-order valence-corrected chi connectivity index (χ3v) is 4.06. The van der Waals surface area contributed by atoms with Crippen LogP contribution in [0.3, 0.4) is 0 Å². The molecule has 0 aliphatic heterocycles. The van der Waals surface area contributed by atoms with Crippen LogP contribution in [0.1, 0.15) is 23.5 Å². The first-order valence-corrected chi connectivity index (χ1v) is 6.60. The van der Waals surface area contributed by atoms with Crippen molar-refractivity contribution < 1.29 is 0 Å². The molecule has 0 saturated heterocycles. The topological polar surface area (TPSA) is 37.8 Å². The molecule has 2 aromatic heterocycles. The number of hydrogen-bond donors (Lipinski definition) is 1. The maximum absolute atomic E-state index is 4.17. The Morgan fingerprint density at radius 1 is 1.44 bits per heavy atom. The van der Waals surface area contributed by atoms with Gasteiger partial charge < -0.3 is 5.32 Å². The summed E-state index contributed by atoms with van der Waals surface area (Å²) in [6.07, 6.45) is 3.33. The van der Waals surface area contributed by atoms with Crippen molar-refractivity contribution in [2.45, 2.75) is 19.5 Å². The Labute approximate surface area is 107 Å². The van der Waals surface area contributed by atoms with Crippen molar-refractivity contribution in [1.82, 2.24) is 15.3 Å². The number of hydrogen-bond acceptors (Lipinski definition) is 4. The van der Waals surface area contributed by atoms with E-state index in [4.69, 9.17) is 0 Å². The summed E-state index contributed by atoms with van der Waals surface area (Å²) in [5.41, 5.74) is 1.01. The first-order valence-electron chi connectivity index (χ1n) is 4.99. The molecule has 1 unspecified atom stereocenters. The Bertz CT molecular complexity index is 444. The van der Waals surface area contributed by atoms with Crippen molar-refractivity contribution in [3.63, 3.8) is 0 Å². The average molecular weight is 298 g/mol. The van der Waals surface area contributed by atoms with Crippen molar-refractivity contribution in [2.24, 2.45) is 0 Å². The van der Waals surface area contributed by atoms with Gasteiger partial charge in [-0.15, -0.1) is 11.3 Å². The highest BCUT2D eigenvalue weighted by Crippen LogP contribution is 2.27. The third kappa shape index (κ3) is 3.10. The average Bonchev–Trinajstić information content (AvgIpc) is 2.74. The second-order valence-corrected chi connectivity index (χ2v) is 5.94. The molecule has 2 rings (SSSR count). The molecule has 0 bridgehead atoms. The molecule has 3 nitrogen and oxygen atoms in total. The molecule has 16 heavy (non-hydrogen) atoms. The molecule has 84 valence electrons. The lowest BCUT2D eigenvalue weighted by atomic mass is 10.2. The lowest BCUT2D eigenvalue weighted by molar-refractivity contribution is 0.575. The van der Waals surface area contributed by atoms with E-state index < -0.39 is 0 Å². The number of aromatic nitrogens is 2. The van der Waals surface area contributed by atoms with Crippen molar-refractivity contribution in [3.8, 4) is 0 Å². The first-order chi connectivity index (χ1) is 7.75. The molecule has 5 heteroatoms. The van der Waals surface area contributed by atoms with E-state index in [0.29, 0.717) is 6.04 Å². The molecule has 0 fully saturated rings. The molecule has 0 saturated carbocycles. The molecule has 0 spiro atoms. The van der Waals surface area contributed by atoms with Crippen molar-refractivity contribution >= 4 is 27.3 Å². The summed E-state index contributed by atoms with van der Waals surface area (Å²) in [5.74, 6) is 0. The van der Waals surface area contributed by atoms with E-state index in [9.17, 15) is 0 Å². The second-order valence-electron chi connectivity index (χ2n) is 3.45. The molecule has 0 radical (unpaired) electrons. The zero-order valence-corrected chi connectivity index (χ0v) is 11.3. The minimum absolute atomic E-state index is 0.339. The Morgan fingerprint density at radius 3 is 2.94 bits per heavy atom. The Hall–Kier alpha value is -0.780. The maximum Gasteiger partial charge on any atom is 0.115 e. The molecular formula is C11H12BrN3S. The molecule has 2 heterocycles. The molecule has 0 amide bonds. The van der Waals surface area contributed by atoms with Crippen LogP contribution in [-0.2, 0) is 6.54 Å². The summed E-state index contributed by atoms with van der Waals surface area (Å²) >= 11 is 5.22. The van der Waals surface area contributed by atoms with E-state index in [2.05, 4.69) is 50.3 Å². The van der Waals surface area contributed by atoms with E-state index in [-0.39, 0.29) is 0 Å². The zero-order valence-electron chi connectivity index (χ0n) is 8.85. The summed E-state index contributed by atoms with van der Waals surface area (Å²) in [6.45, 7) is 2.92. The monoisotopic (exact) mass is 297 g/mol. The minimum Gasteiger partial charge on any atom is -0.304 e. The summed E-state index contributed by atoms with van der Waals surface area (Å²) in [5, 5.41) is 3.43. The van der Waals surface area contributed by atoms with Gasteiger partial charge >= 0.3 is 0 Å². The summed E-state index contributed by atoms with van der Waals surface area (Å²) in [6, 6.07) is 6.46. The van der Waals surface area contributed by atoms with Gasteiger partial charge in [-0.3, -0.25) is 0 Å². The standard InChI is InChI=1S/C11H12BrN3S/c1-8(10-2-3-11(12)16-10)14-6-9-4-5-13-7-15-9/h2-5,7-8,14H,6H2,1H3. The second kappa shape index (κ2) is 5.52. The van der Waals surface area contributed by atoms with E-state index >= 15 is 0 Å². The van der Waals surface area contributed by atoms with E-state index in [1.165, 1.54) is 4.88 Å². The SMILES string of the molecule is CC(NCc1ccncn1)c1ccc(Br)s1. The molecule has 1 N–H and O–H groups in total. The quantitative estimate of drug-likeness (QED) is 0.942. The van der Waals surface area contributed by atoms with Gasteiger partial charge in [0.15, 0.2) is 0 Å². The van der Waals surface area contributed by atoms with Gasteiger partial charge in [-0.1, -0.05) is 0 Å². The molecule has 2 aromatic rings. The largest absolute Gasteiger partial charge is 0.304 e. The van der Waals surface area contributed by atoms with Gasteiger partial charge in [0.2, 0.25) is 0 Å². The van der Waals surface area contributed by atoms with Gasteiger partial charge in [0.1, 0.15) is 6.33 Å². The van der Waals surface area contributed by atoms with Crippen LogP contribution in [-0.4, -0.2) is 9.97 Å². The highest BCUT2D eigenvalue weighted by molar-refractivity contribution is 9.11. The third-order valence-electron chi connectivity index (χ3n) is 2.25. The fourth-order valence-corrected chi connectivity index (χ4v) is 2.79. The Kier molecular flexibility index (Phi) is 4.04.